The van der Waals surface area contributed by atoms with Crippen LogP contribution in [0.4, 0.5) is 0 Å². The minimum atomic E-state index is -0.381. The SMILES string of the molecule is O=C([C@H](Sc1nc(-c2cccs2)nc2ccccc12)c1ccccc1)N1CCOCC1. The van der Waals surface area contributed by atoms with E-state index < -0.39 is 0 Å². The monoisotopic (exact) mass is 447 g/mol. The molecule has 1 fully saturated rings. The summed E-state index contributed by atoms with van der Waals surface area (Å²) in [6.45, 7) is 2.40. The van der Waals surface area contributed by atoms with E-state index in [1.54, 1.807) is 11.3 Å². The molecule has 1 amide bonds. The van der Waals surface area contributed by atoms with Gasteiger partial charge in [0.2, 0.25) is 5.91 Å². The highest BCUT2D eigenvalue weighted by Gasteiger charge is 2.29. The van der Waals surface area contributed by atoms with Gasteiger partial charge >= 0.3 is 0 Å². The molecule has 0 saturated carbocycles. The van der Waals surface area contributed by atoms with Gasteiger partial charge in [0.05, 0.1) is 23.6 Å². The average molecular weight is 448 g/mol. The molecule has 0 bridgehead atoms. The Morgan fingerprint density at radius 2 is 1.74 bits per heavy atom. The zero-order chi connectivity index (χ0) is 21.0. The quantitative estimate of drug-likeness (QED) is 0.317. The van der Waals surface area contributed by atoms with Crippen LogP contribution < -0.4 is 0 Å². The van der Waals surface area contributed by atoms with Gasteiger partial charge in [-0.25, -0.2) is 9.97 Å². The molecule has 5 rings (SSSR count). The lowest BCUT2D eigenvalue weighted by molar-refractivity contribution is -0.134. The summed E-state index contributed by atoms with van der Waals surface area (Å²) < 4.78 is 5.45. The highest BCUT2D eigenvalue weighted by Crippen LogP contribution is 2.40. The summed E-state index contributed by atoms with van der Waals surface area (Å²) in [5.41, 5.74) is 1.86. The molecule has 4 aromatic rings. The zero-order valence-electron chi connectivity index (χ0n) is 16.8. The fraction of sp³-hybridized carbons (Fsp3) is 0.208. The van der Waals surface area contributed by atoms with Crippen LogP contribution in [0.2, 0.25) is 0 Å². The van der Waals surface area contributed by atoms with Crippen LogP contribution in [0.15, 0.2) is 77.1 Å². The number of hydrogen-bond donors (Lipinski definition) is 0. The number of fused-ring (bicyclic) bond motifs is 1. The summed E-state index contributed by atoms with van der Waals surface area (Å²) in [7, 11) is 0. The third-order valence-corrected chi connectivity index (χ3v) is 7.30. The van der Waals surface area contributed by atoms with Crippen molar-refractivity contribution in [1.29, 1.82) is 0 Å². The number of para-hydroxylation sites is 1. The Balaban J connectivity index is 1.58. The second-order valence-electron chi connectivity index (χ2n) is 7.19. The fourth-order valence-corrected chi connectivity index (χ4v) is 5.47. The van der Waals surface area contributed by atoms with Crippen molar-refractivity contribution in [1.82, 2.24) is 14.9 Å². The summed E-state index contributed by atoms with van der Waals surface area (Å²) in [6.07, 6.45) is 0. The van der Waals surface area contributed by atoms with Gasteiger partial charge in [-0.15, -0.1) is 11.3 Å². The molecule has 31 heavy (non-hydrogen) atoms. The molecule has 0 aliphatic carbocycles. The number of ether oxygens (including phenoxy) is 1. The first kappa shape index (κ1) is 20.2. The first-order valence-electron chi connectivity index (χ1n) is 10.2. The number of rotatable bonds is 5. The number of carbonyl (C=O) groups excluding carboxylic acids is 1. The topological polar surface area (TPSA) is 55.3 Å². The van der Waals surface area contributed by atoms with Gasteiger partial charge in [0, 0.05) is 18.5 Å². The predicted molar refractivity (Wildman–Crippen MR) is 125 cm³/mol. The number of carbonyl (C=O) groups is 1. The van der Waals surface area contributed by atoms with Crippen LogP contribution in [0.5, 0.6) is 0 Å². The number of amides is 1. The van der Waals surface area contributed by atoms with Gasteiger partial charge in [-0.2, -0.15) is 0 Å². The Labute approximate surface area is 189 Å². The number of morpholine rings is 1. The van der Waals surface area contributed by atoms with Gasteiger partial charge in [0.15, 0.2) is 5.82 Å². The third-order valence-electron chi connectivity index (χ3n) is 5.19. The molecular weight excluding hydrogens is 426 g/mol. The van der Waals surface area contributed by atoms with E-state index in [1.807, 2.05) is 77.0 Å². The average Bonchev–Trinajstić information content (AvgIpc) is 3.38. The van der Waals surface area contributed by atoms with E-state index in [2.05, 4.69) is 0 Å². The lowest BCUT2D eigenvalue weighted by atomic mass is 10.1. The molecule has 1 atom stereocenters. The largest absolute Gasteiger partial charge is 0.378 e. The molecule has 5 nitrogen and oxygen atoms in total. The highest BCUT2D eigenvalue weighted by atomic mass is 32.2. The number of nitrogens with zero attached hydrogens (tertiary/aromatic N) is 3. The molecule has 0 radical (unpaired) electrons. The first-order valence-corrected chi connectivity index (χ1v) is 11.9. The molecule has 0 spiro atoms. The summed E-state index contributed by atoms with van der Waals surface area (Å²) in [4.78, 5) is 26.1. The number of thiophene rings is 1. The van der Waals surface area contributed by atoms with Crippen molar-refractivity contribution in [2.75, 3.05) is 26.3 Å². The molecule has 2 aromatic carbocycles. The molecule has 0 unspecified atom stereocenters. The molecule has 0 N–H and O–H groups in total. The van der Waals surface area contributed by atoms with Crippen molar-refractivity contribution >= 4 is 39.9 Å². The number of hydrogen-bond acceptors (Lipinski definition) is 6. The van der Waals surface area contributed by atoms with Crippen molar-refractivity contribution in [3.63, 3.8) is 0 Å². The second-order valence-corrected chi connectivity index (χ2v) is 9.23. The maximum absolute atomic E-state index is 13.6. The van der Waals surface area contributed by atoms with Gasteiger partial charge in [-0.05, 0) is 23.1 Å². The van der Waals surface area contributed by atoms with Crippen molar-refractivity contribution < 1.29 is 9.53 Å². The predicted octanol–water partition coefficient (Wildman–Crippen LogP) is 5.05. The van der Waals surface area contributed by atoms with Crippen molar-refractivity contribution in [3.05, 3.63) is 77.7 Å². The van der Waals surface area contributed by atoms with Gasteiger partial charge in [-0.1, -0.05) is 66.4 Å². The first-order chi connectivity index (χ1) is 15.3. The summed E-state index contributed by atoms with van der Waals surface area (Å²) in [5.74, 6) is 0.793. The van der Waals surface area contributed by atoms with Crippen molar-refractivity contribution in [3.8, 4) is 10.7 Å². The Morgan fingerprint density at radius 3 is 2.52 bits per heavy atom. The fourth-order valence-electron chi connectivity index (χ4n) is 3.60. The van der Waals surface area contributed by atoms with E-state index in [0.29, 0.717) is 32.1 Å². The van der Waals surface area contributed by atoms with Gasteiger partial charge in [0.1, 0.15) is 10.3 Å². The maximum atomic E-state index is 13.6. The van der Waals surface area contributed by atoms with Crippen LogP contribution in [0.3, 0.4) is 0 Å². The van der Waals surface area contributed by atoms with Crippen LogP contribution in [0.1, 0.15) is 10.8 Å². The summed E-state index contributed by atoms with van der Waals surface area (Å²) >= 11 is 3.12. The molecule has 3 heterocycles. The van der Waals surface area contributed by atoms with E-state index in [-0.39, 0.29) is 11.2 Å². The number of benzene rings is 2. The number of thioether (sulfide) groups is 1. The minimum absolute atomic E-state index is 0.0971. The Kier molecular flexibility index (Phi) is 5.97. The smallest absolute Gasteiger partial charge is 0.240 e. The van der Waals surface area contributed by atoms with Crippen LogP contribution in [0, 0.1) is 0 Å². The number of aromatic nitrogens is 2. The zero-order valence-corrected chi connectivity index (χ0v) is 18.4. The van der Waals surface area contributed by atoms with Gasteiger partial charge < -0.3 is 9.64 Å². The maximum Gasteiger partial charge on any atom is 0.240 e. The highest BCUT2D eigenvalue weighted by molar-refractivity contribution is 8.00. The van der Waals surface area contributed by atoms with Crippen LogP contribution in [0.25, 0.3) is 21.6 Å². The molecule has 1 aliphatic heterocycles. The van der Waals surface area contributed by atoms with E-state index in [4.69, 9.17) is 14.7 Å². The second kappa shape index (κ2) is 9.18. The van der Waals surface area contributed by atoms with E-state index >= 15 is 0 Å². The van der Waals surface area contributed by atoms with Crippen LogP contribution in [-0.4, -0.2) is 47.1 Å². The molecule has 1 aliphatic rings. The molecule has 7 heteroatoms. The van der Waals surface area contributed by atoms with Crippen molar-refractivity contribution in [2.24, 2.45) is 0 Å². The Morgan fingerprint density at radius 1 is 0.968 bits per heavy atom. The van der Waals surface area contributed by atoms with Crippen molar-refractivity contribution in [2.45, 2.75) is 10.3 Å². The van der Waals surface area contributed by atoms with Gasteiger partial charge in [-0.3, -0.25) is 4.79 Å². The minimum Gasteiger partial charge on any atom is -0.378 e. The van der Waals surface area contributed by atoms with E-state index in [0.717, 1.165) is 26.4 Å². The lowest BCUT2D eigenvalue weighted by Crippen LogP contribution is -2.42. The summed E-state index contributed by atoms with van der Waals surface area (Å²) in [5, 5.41) is 3.43. The normalized spacial score (nSPS) is 15.2. The lowest BCUT2D eigenvalue weighted by Gasteiger charge is -2.30. The van der Waals surface area contributed by atoms with Crippen LogP contribution in [-0.2, 0) is 9.53 Å². The van der Waals surface area contributed by atoms with E-state index in [9.17, 15) is 4.79 Å². The van der Waals surface area contributed by atoms with E-state index in [1.165, 1.54) is 11.8 Å². The molecule has 1 saturated heterocycles. The molecular formula is C24H21N3O2S2. The Bertz CT molecular complexity index is 1180. The van der Waals surface area contributed by atoms with Crippen LogP contribution >= 0.6 is 23.1 Å². The summed E-state index contributed by atoms with van der Waals surface area (Å²) in [6, 6.07) is 22.0. The third kappa shape index (κ3) is 4.35. The Hall–Kier alpha value is -2.74. The standard InChI is InChI=1S/C24H21N3O2S2/c28-24(27-12-14-29-15-13-27)21(17-7-2-1-3-8-17)31-23-18-9-4-5-10-19(18)25-22(26-23)20-11-6-16-30-20/h1-11,16,21H,12-15H2/t21-/m1/s1. The molecule has 156 valence electrons. The molecule has 2 aromatic heterocycles. The van der Waals surface area contributed by atoms with Gasteiger partial charge in [0.25, 0.3) is 0 Å².